The highest BCUT2D eigenvalue weighted by Gasteiger charge is 2.07. The molecular formula is C12H15N3O. The van der Waals surface area contributed by atoms with Crippen molar-refractivity contribution in [2.75, 3.05) is 0 Å². The maximum atomic E-state index is 11.1. The van der Waals surface area contributed by atoms with Crippen LogP contribution in [0.5, 0.6) is 0 Å². The monoisotopic (exact) mass is 217 g/mol. The van der Waals surface area contributed by atoms with E-state index in [0.29, 0.717) is 0 Å². The number of aromatic amines is 2. The standard InChI is InChI=1S/C12H15N3O/c1-8(13)6-9-4-2-3-5-10(9)11-7-14-12(16)15-11/h2-5,7-8H,6,13H2,1H3,(H2,14,15,16). The summed E-state index contributed by atoms with van der Waals surface area (Å²) in [5.74, 6) is 0. The van der Waals surface area contributed by atoms with Crippen molar-refractivity contribution in [1.29, 1.82) is 0 Å². The molecule has 0 fully saturated rings. The van der Waals surface area contributed by atoms with Crippen molar-refractivity contribution in [1.82, 2.24) is 9.97 Å². The van der Waals surface area contributed by atoms with Gasteiger partial charge >= 0.3 is 5.69 Å². The van der Waals surface area contributed by atoms with Crippen LogP contribution in [0.2, 0.25) is 0 Å². The Hall–Kier alpha value is -1.81. The van der Waals surface area contributed by atoms with E-state index in [1.165, 1.54) is 0 Å². The summed E-state index contributed by atoms with van der Waals surface area (Å²) in [6.45, 7) is 1.97. The number of imidazole rings is 1. The van der Waals surface area contributed by atoms with Crippen molar-refractivity contribution in [3.8, 4) is 11.3 Å². The molecule has 4 heteroatoms. The molecule has 1 unspecified atom stereocenters. The van der Waals surface area contributed by atoms with E-state index in [-0.39, 0.29) is 11.7 Å². The van der Waals surface area contributed by atoms with E-state index in [2.05, 4.69) is 9.97 Å². The molecule has 1 atom stereocenters. The smallest absolute Gasteiger partial charge is 0.323 e. The Balaban J connectivity index is 2.44. The molecule has 4 N–H and O–H groups in total. The molecule has 0 radical (unpaired) electrons. The third kappa shape index (κ3) is 2.23. The van der Waals surface area contributed by atoms with Crippen LogP contribution >= 0.6 is 0 Å². The molecule has 0 aliphatic heterocycles. The normalized spacial score (nSPS) is 12.6. The zero-order valence-electron chi connectivity index (χ0n) is 9.16. The number of nitrogens with one attached hydrogen (secondary N) is 2. The Kier molecular flexibility index (Phi) is 2.92. The maximum Gasteiger partial charge on any atom is 0.323 e. The molecule has 2 aromatic rings. The second-order valence-electron chi connectivity index (χ2n) is 4.00. The number of hydrogen-bond acceptors (Lipinski definition) is 2. The van der Waals surface area contributed by atoms with Crippen LogP contribution < -0.4 is 11.4 Å². The molecule has 1 heterocycles. The Labute approximate surface area is 93.5 Å². The van der Waals surface area contributed by atoms with Gasteiger partial charge in [-0.25, -0.2) is 4.79 Å². The predicted octanol–water partition coefficient (Wildman–Crippen LogP) is 1.26. The molecule has 0 aliphatic carbocycles. The SMILES string of the molecule is CC(N)Cc1ccccc1-c1c[nH]c(=O)[nH]1. The second-order valence-corrected chi connectivity index (χ2v) is 4.00. The zero-order valence-corrected chi connectivity index (χ0v) is 9.16. The highest BCUT2D eigenvalue weighted by Crippen LogP contribution is 2.21. The molecule has 0 spiro atoms. The summed E-state index contributed by atoms with van der Waals surface area (Å²) in [4.78, 5) is 16.4. The number of benzene rings is 1. The minimum Gasteiger partial charge on any atom is -0.328 e. The summed E-state index contributed by atoms with van der Waals surface area (Å²) in [5.41, 5.74) is 8.59. The highest BCUT2D eigenvalue weighted by molar-refractivity contribution is 5.62. The van der Waals surface area contributed by atoms with Crippen molar-refractivity contribution in [3.05, 3.63) is 46.5 Å². The van der Waals surface area contributed by atoms with Gasteiger partial charge in [0.05, 0.1) is 5.69 Å². The number of rotatable bonds is 3. The largest absolute Gasteiger partial charge is 0.328 e. The van der Waals surface area contributed by atoms with Crippen molar-refractivity contribution >= 4 is 0 Å². The molecule has 16 heavy (non-hydrogen) atoms. The van der Waals surface area contributed by atoms with Crippen LogP contribution in [0.4, 0.5) is 0 Å². The number of H-pyrrole nitrogens is 2. The van der Waals surface area contributed by atoms with Gasteiger partial charge in [0.25, 0.3) is 0 Å². The van der Waals surface area contributed by atoms with E-state index in [1.807, 2.05) is 31.2 Å². The lowest BCUT2D eigenvalue weighted by atomic mass is 9.99. The third-order valence-electron chi connectivity index (χ3n) is 2.45. The van der Waals surface area contributed by atoms with Gasteiger partial charge in [-0.15, -0.1) is 0 Å². The molecule has 0 amide bonds. The molecule has 0 aliphatic rings. The van der Waals surface area contributed by atoms with Crippen LogP contribution in [0.3, 0.4) is 0 Å². The molecule has 1 aromatic heterocycles. The minimum atomic E-state index is -0.189. The Morgan fingerprint density at radius 3 is 2.75 bits per heavy atom. The van der Waals surface area contributed by atoms with Gasteiger partial charge in [0, 0.05) is 17.8 Å². The topological polar surface area (TPSA) is 74.7 Å². The lowest BCUT2D eigenvalue weighted by Gasteiger charge is -2.09. The van der Waals surface area contributed by atoms with E-state index in [0.717, 1.165) is 23.2 Å². The first-order valence-corrected chi connectivity index (χ1v) is 5.28. The molecule has 0 bridgehead atoms. The summed E-state index contributed by atoms with van der Waals surface area (Å²) in [7, 11) is 0. The van der Waals surface area contributed by atoms with E-state index in [9.17, 15) is 4.79 Å². The predicted molar refractivity (Wildman–Crippen MR) is 64.2 cm³/mol. The first-order valence-electron chi connectivity index (χ1n) is 5.28. The van der Waals surface area contributed by atoms with Crippen LogP contribution in [0.25, 0.3) is 11.3 Å². The van der Waals surface area contributed by atoms with Gasteiger partial charge in [0.15, 0.2) is 0 Å². The molecule has 84 valence electrons. The van der Waals surface area contributed by atoms with E-state index in [4.69, 9.17) is 5.73 Å². The van der Waals surface area contributed by atoms with Crippen LogP contribution in [0.15, 0.2) is 35.3 Å². The molecule has 4 nitrogen and oxygen atoms in total. The third-order valence-corrected chi connectivity index (χ3v) is 2.45. The molecule has 0 saturated heterocycles. The van der Waals surface area contributed by atoms with E-state index < -0.39 is 0 Å². The van der Waals surface area contributed by atoms with Gasteiger partial charge in [0.2, 0.25) is 0 Å². The van der Waals surface area contributed by atoms with E-state index in [1.54, 1.807) is 6.20 Å². The summed E-state index contributed by atoms with van der Waals surface area (Å²) in [5, 5.41) is 0. The summed E-state index contributed by atoms with van der Waals surface area (Å²) < 4.78 is 0. The van der Waals surface area contributed by atoms with Gasteiger partial charge in [-0.3, -0.25) is 0 Å². The second kappa shape index (κ2) is 4.37. The fourth-order valence-electron chi connectivity index (χ4n) is 1.79. The number of nitrogens with two attached hydrogens (primary N) is 1. The fourth-order valence-corrected chi connectivity index (χ4v) is 1.79. The lowest BCUT2D eigenvalue weighted by Crippen LogP contribution is -2.18. The van der Waals surface area contributed by atoms with Crippen molar-refractivity contribution in [3.63, 3.8) is 0 Å². The van der Waals surface area contributed by atoms with Gasteiger partial charge in [-0.2, -0.15) is 0 Å². The Morgan fingerprint density at radius 2 is 2.12 bits per heavy atom. The van der Waals surface area contributed by atoms with Crippen molar-refractivity contribution in [2.45, 2.75) is 19.4 Å². The van der Waals surface area contributed by atoms with Crippen molar-refractivity contribution < 1.29 is 0 Å². The van der Waals surface area contributed by atoms with Gasteiger partial charge in [-0.1, -0.05) is 24.3 Å². The average Bonchev–Trinajstić information content (AvgIpc) is 2.65. The van der Waals surface area contributed by atoms with Gasteiger partial charge in [0.1, 0.15) is 0 Å². The van der Waals surface area contributed by atoms with E-state index >= 15 is 0 Å². The zero-order chi connectivity index (χ0) is 11.5. The maximum absolute atomic E-state index is 11.1. The molecular weight excluding hydrogens is 202 g/mol. The number of aromatic nitrogens is 2. The molecule has 0 saturated carbocycles. The van der Waals surface area contributed by atoms with Crippen LogP contribution in [-0.2, 0) is 6.42 Å². The van der Waals surface area contributed by atoms with Crippen LogP contribution in [0.1, 0.15) is 12.5 Å². The summed E-state index contributed by atoms with van der Waals surface area (Å²) >= 11 is 0. The van der Waals surface area contributed by atoms with Gasteiger partial charge < -0.3 is 15.7 Å². The molecule has 1 aromatic carbocycles. The summed E-state index contributed by atoms with van der Waals surface area (Å²) in [6.07, 6.45) is 2.48. The fraction of sp³-hybridized carbons (Fsp3) is 0.250. The minimum absolute atomic E-state index is 0.104. The Morgan fingerprint density at radius 1 is 1.38 bits per heavy atom. The first kappa shape index (κ1) is 10.7. The average molecular weight is 217 g/mol. The van der Waals surface area contributed by atoms with Gasteiger partial charge in [-0.05, 0) is 18.9 Å². The lowest BCUT2D eigenvalue weighted by molar-refractivity contribution is 0.739. The van der Waals surface area contributed by atoms with Crippen LogP contribution in [-0.4, -0.2) is 16.0 Å². The summed E-state index contributed by atoms with van der Waals surface area (Å²) in [6, 6.07) is 8.05. The number of hydrogen-bond donors (Lipinski definition) is 3. The van der Waals surface area contributed by atoms with Crippen LogP contribution in [0, 0.1) is 0 Å². The van der Waals surface area contributed by atoms with Crippen molar-refractivity contribution in [2.24, 2.45) is 5.73 Å². The Bertz CT molecular complexity index is 525. The quantitative estimate of drug-likeness (QED) is 0.724. The molecule has 2 rings (SSSR count). The first-order chi connectivity index (χ1) is 7.66. The highest BCUT2D eigenvalue weighted by atomic mass is 16.1.